The first-order valence-corrected chi connectivity index (χ1v) is 7.01. The maximum absolute atomic E-state index is 12.0. The van der Waals surface area contributed by atoms with Crippen LogP contribution in [0, 0.1) is 0 Å². The van der Waals surface area contributed by atoms with Crippen LogP contribution in [0.4, 0.5) is 0 Å². The molecular weight excluding hydrogens is 274 g/mol. The van der Waals surface area contributed by atoms with E-state index in [1.165, 1.54) is 0 Å². The molecule has 0 fully saturated rings. The molecule has 1 N–H and O–H groups in total. The zero-order valence-electron chi connectivity index (χ0n) is 11.9. The Bertz CT molecular complexity index is 807. The second-order valence-corrected chi connectivity index (χ2v) is 4.89. The molecule has 0 bridgehead atoms. The highest BCUT2D eigenvalue weighted by molar-refractivity contribution is 5.90. The van der Waals surface area contributed by atoms with Crippen molar-refractivity contribution >= 4 is 22.9 Å². The fourth-order valence-electron chi connectivity index (χ4n) is 2.29. The lowest BCUT2D eigenvalue weighted by atomic mass is 10.0. The highest BCUT2D eigenvalue weighted by atomic mass is 16.2. The van der Waals surface area contributed by atoms with E-state index in [1.807, 2.05) is 54.6 Å². The number of nitrogens with one attached hydrogen (secondary N) is 1. The van der Waals surface area contributed by atoms with Crippen LogP contribution in [0.3, 0.4) is 0 Å². The van der Waals surface area contributed by atoms with Gasteiger partial charge in [0.1, 0.15) is 0 Å². The summed E-state index contributed by atoms with van der Waals surface area (Å²) in [5.41, 5.74) is 4.44. The first-order chi connectivity index (χ1) is 10.8. The lowest BCUT2D eigenvalue weighted by molar-refractivity contribution is -0.120. The quantitative estimate of drug-likeness (QED) is 0.593. The molecule has 0 saturated carbocycles. The van der Waals surface area contributed by atoms with Gasteiger partial charge < -0.3 is 0 Å². The fraction of sp³-hybridized carbons (Fsp3) is 0.0556. The molecule has 108 valence electrons. The summed E-state index contributed by atoms with van der Waals surface area (Å²) in [5.74, 6) is -0.137. The van der Waals surface area contributed by atoms with E-state index in [0.717, 1.165) is 21.9 Å². The van der Waals surface area contributed by atoms with Crippen molar-refractivity contribution in [1.82, 2.24) is 10.4 Å². The predicted octanol–water partition coefficient (Wildman–Crippen LogP) is 2.93. The molecule has 3 aromatic rings. The molecule has 0 aliphatic carbocycles. The second kappa shape index (κ2) is 6.63. The molecule has 1 heterocycles. The first kappa shape index (κ1) is 13.9. The van der Waals surface area contributed by atoms with E-state index in [9.17, 15) is 4.79 Å². The predicted molar refractivity (Wildman–Crippen MR) is 87.6 cm³/mol. The molecule has 4 heteroatoms. The molecular formula is C18H15N3O. The van der Waals surface area contributed by atoms with Crippen molar-refractivity contribution in [2.75, 3.05) is 0 Å². The van der Waals surface area contributed by atoms with Crippen molar-refractivity contribution in [3.63, 3.8) is 0 Å². The van der Waals surface area contributed by atoms with Crippen LogP contribution in [0.1, 0.15) is 11.1 Å². The van der Waals surface area contributed by atoms with Crippen molar-refractivity contribution < 1.29 is 4.79 Å². The molecule has 0 aliphatic rings. The average Bonchev–Trinajstić information content (AvgIpc) is 2.56. The van der Waals surface area contributed by atoms with Crippen molar-refractivity contribution in [3.05, 3.63) is 78.1 Å². The topological polar surface area (TPSA) is 54.4 Å². The Balaban J connectivity index is 1.67. The summed E-state index contributed by atoms with van der Waals surface area (Å²) in [6.45, 7) is 0. The van der Waals surface area contributed by atoms with E-state index in [-0.39, 0.29) is 5.91 Å². The van der Waals surface area contributed by atoms with Crippen LogP contribution in [-0.4, -0.2) is 17.1 Å². The van der Waals surface area contributed by atoms with Gasteiger partial charge >= 0.3 is 0 Å². The molecule has 0 spiro atoms. The van der Waals surface area contributed by atoms with Gasteiger partial charge in [0.25, 0.3) is 0 Å². The summed E-state index contributed by atoms with van der Waals surface area (Å²) in [5, 5.41) is 6.19. The van der Waals surface area contributed by atoms with Crippen LogP contribution in [-0.2, 0) is 11.2 Å². The number of nitrogens with zero attached hydrogens (tertiary/aromatic N) is 2. The first-order valence-electron chi connectivity index (χ1n) is 7.01. The van der Waals surface area contributed by atoms with Gasteiger partial charge in [-0.15, -0.1) is 0 Å². The van der Waals surface area contributed by atoms with Gasteiger partial charge in [0.15, 0.2) is 0 Å². The van der Waals surface area contributed by atoms with Crippen molar-refractivity contribution in [2.24, 2.45) is 5.10 Å². The largest absolute Gasteiger partial charge is 0.273 e. The summed E-state index contributed by atoms with van der Waals surface area (Å²) >= 11 is 0. The Morgan fingerprint density at radius 1 is 1.05 bits per heavy atom. The average molecular weight is 289 g/mol. The van der Waals surface area contributed by atoms with E-state index in [1.54, 1.807) is 18.6 Å². The number of amides is 1. The molecule has 4 nitrogen and oxygen atoms in total. The third-order valence-electron chi connectivity index (χ3n) is 3.34. The van der Waals surface area contributed by atoms with Crippen molar-refractivity contribution in [2.45, 2.75) is 6.42 Å². The van der Waals surface area contributed by atoms with E-state index >= 15 is 0 Å². The molecule has 0 atom stereocenters. The third-order valence-corrected chi connectivity index (χ3v) is 3.34. The number of fused-ring (bicyclic) bond motifs is 1. The molecule has 2 aromatic carbocycles. The number of aromatic nitrogens is 1. The number of carbonyl (C=O) groups is 1. The van der Waals surface area contributed by atoms with Crippen molar-refractivity contribution in [3.8, 4) is 0 Å². The van der Waals surface area contributed by atoms with Gasteiger partial charge in [-0.3, -0.25) is 9.78 Å². The molecule has 0 unspecified atom stereocenters. The monoisotopic (exact) mass is 289 g/mol. The number of hydrogen-bond donors (Lipinski definition) is 1. The summed E-state index contributed by atoms with van der Waals surface area (Å²) < 4.78 is 0. The number of carbonyl (C=O) groups excluding carboxylic acids is 1. The molecule has 22 heavy (non-hydrogen) atoms. The zero-order chi connectivity index (χ0) is 15.2. The smallest absolute Gasteiger partial charge is 0.244 e. The number of hydrogen-bond acceptors (Lipinski definition) is 3. The Kier molecular flexibility index (Phi) is 4.20. The Morgan fingerprint density at radius 3 is 2.68 bits per heavy atom. The minimum absolute atomic E-state index is 0.137. The number of rotatable bonds is 4. The molecule has 0 aliphatic heterocycles. The van der Waals surface area contributed by atoms with Gasteiger partial charge in [0, 0.05) is 12.4 Å². The molecule has 1 amide bonds. The number of hydrazone groups is 1. The molecule has 3 rings (SSSR count). The second-order valence-electron chi connectivity index (χ2n) is 4.89. The fourth-order valence-corrected chi connectivity index (χ4v) is 2.29. The SMILES string of the molecule is O=C(Cc1cccc2ccccc12)N/N=C\c1ccncc1. The maximum Gasteiger partial charge on any atom is 0.244 e. The maximum atomic E-state index is 12.0. The molecule has 0 saturated heterocycles. The zero-order valence-corrected chi connectivity index (χ0v) is 11.9. The Morgan fingerprint density at radius 2 is 1.82 bits per heavy atom. The normalized spacial score (nSPS) is 10.9. The molecule has 0 radical (unpaired) electrons. The highest BCUT2D eigenvalue weighted by Gasteiger charge is 2.05. The van der Waals surface area contributed by atoms with E-state index in [4.69, 9.17) is 0 Å². The summed E-state index contributed by atoms with van der Waals surface area (Å²) in [6, 6.07) is 17.6. The Hall–Kier alpha value is -3.01. The summed E-state index contributed by atoms with van der Waals surface area (Å²) in [4.78, 5) is 15.9. The van der Waals surface area contributed by atoms with Crippen LogP contribution in [0.5, 0.6) is 0 Å². The summed E-state index contributed by atoms with van der Waals surface area (Å²) in [7, 11) is 0. The minimum atomic E-state index is -0.137. The van der Waals surface area contributed by atoms with Crippen LogP contribution in [0.25, 0.3) is 10.8 Å². The standard InChI is InChI=1S/C18H15N3O/c22-18(21-20-13-14-8-10-19-11-9-14)12-16-6-3-5-15-4-1-2-7-17(15)16/h1-11,13H,12H2,(H,21,22)/b20-13-. The van der Waals surface area contributed by atoms with Crippen LogP contribution < -0.4 is 5.43 Å². The van der Waals surface area contributed by atoms with E-state index in [0.29, 0.717) is 6.42 Å². The van der Waals surface area contributed by atoms with Gasteiger partial charge in [0.05, 0.1) is 12.6 Å². The van der Waals surface area contributed by atoms with Crippen LogP contribution in [0.15, 0.2) is 72.1 Å². The number of benzene rings is 2. The van der Waals surface area contributed by atoms with Gasteiger partial charge in [0.2, 0.25) is 5.91 Å². The van der Waals surface area contributed by atoms with Crippen molar-refractivity contribution in [1.29, 1.82) is 0 Å². The lowest BCUT2D eigenvalue weighted by Gasteiger charge is -2.05. The third kappa shape index (κ3) is 3.35. The highest BCUT2D eigenvalue weighted by Crippen LogP contribution is 2.18. The van der Waals surface area contributed by atoms with E-state index < -0.39 is 0 Å². The van der Waals surface area contributed by atoms with Crippen LogP contribution >= 0.6 is 0 Å². The molecule has 1 aromatic heterocycles. The minimum Gasteiger partial charge on any atom is -0.273 e. The Labute approximate surface area is 128 Å². The van der Waals surface area contributed by atoms with Gasteiger partial charge in [-0.05, 0) is 34.0 Å². The van der Waals surface area contributed by atoms with Gasteiger partial charge in [-0.2, -0.15) is 5.10 Å². The number of pyridine rings is 1. The van der Waals surface area contributed by atoms with E-state index in [2.05, 4.69) is 15.5 Å². The lowest BCUT2D eigenvalue weighted by Crippen LogP contribution is -2.19. The van der Waals surface area contributed by atoms with Crippen LogP contribution in [0.2, 0.25) is 0 Å². The summed E-state index contributed by atoms with van der Waals surface area (Å²) in [6.07, 6.45) is 5.26. The van der Waals surface area contributed by atoms with Gasteiger partial charge in [-0.25, -0.2) is 5.43 Å². The van der Waals surface area contributed by atoms with Gasteiger partial charge in [-0.1, -0.05) is 42.5 Å².